The fourth-order valence-electron chi connectivity index (χ4n) is 3.61. The van der Waals surface area contributed by atoms with Crippen molar-refractivity contribution in [2.24, 2.45) is 11.8 Å². The molecule has 2 nitrogen and oxygen atoms in total. The van der Waals surface area contributed by atoms with Gasteiger partial charge in [-0.3, -0.25) is 0 Å². The molecule has 2 fully saturated rings. The van der Waals surface area contributed by atoms with Gasteiger partial charge in [0, 0.05) is 5.92 Å². The van der Waals surface area contributed by atoms with E-state index in [2.05, 4.69) is 12.1 Å². The fraction of sp³-hybridized carbons (Fsp3) is 0.625. The molecule has 1 aromatic carbocycles. The Bertz CT molecular complexity index is 389. The normalized spacial score (nSPS) is 34.7. The van der Waals surface area contributed by atoms with Gasteiger partial charge in [-0.2, -0.15) is 0 Å². The summed E-state index contributed by atoms with van der Waals surface area (Å²) in [6.07, 6.45) is 5.83. The number of ether oxygens (including phenoxy) is 1. The molecule has 0 heterocycles. The molecule has 1 aromatic rings. The summed E-state index contributed by atoms with van der Waals surface area (Å²) in [6, 6.07) is 10.3. The van der Waals surface area contributed by atoms with E-state index in [4.69, 9.17) is 4.74 Å². The van der Waals surface area contributed by atoms with Gasteiger partial charge < -0.3 is 9.84 Å². The first-order valence-electron chi connectivity index (χ1n) is 7.13. The van der Waals surface area contributed by atoms with Crippen LogP contribution < -0.4 is 0 Å². The third-order valence-electron chi connectivity index (χ3n) is 4.79. The van der Waals surface area contributed by atoms with Gasteiger partial charge in [0.15, 0.2) is 0 Å². The molecule has 2 heteroatoms. The summed E-state index contributed by atoms with van der Waals surface area (Å²) in [4.78, 5) is 0. The topological polar surface area (TPSA) is 29.5 Å². The van der Waals surface area contributed by atoms with Crippen molar-refractivity contribution in [3.8, 4) is 0 Å². The SMILES string of the molecule is O[C@]12CCCC[C@H]1C[C@H]2COCc1ccccc1. The average Bonchev–Trinajstić information content (AvgIpc) is 2.40. The Morgan fingerprint density at radius 1 is 1.22 bits per heavy atom. The highest BCUT2D eigenvalue weighted by molar-refractivity contribution is 5.13. The zero-order chi connectivity index (χ0) is 12.4. The first-order valence-corrected chi connectivity index (χ1v) is 7.13. The lowest BCUT2D eigenvalue weighted by Crippen LogP contribution is -2.58. The summed E-state index contributed by atoms with van der Waals surface area (Å²) in [5.74, 6) is 0.920. The number of benzene rings is 1. The molecule has 1 N–H and O–H groups in total. The molecule has 0 spiro atoms. The molecule has 2 saturated carbocycles. The van der Waals surface area contributed by atoms with Crippen LogP contribution in [0.3, 0.4) is 0 Å². The molecular formula is C16H22O2. The average molecular weight is 246 g/mol. The fourth-order valence-corrected chi connectivity index (χ4v) is 3.61. The molecule has 0 amide bonds. The Labute approximate surface area is 109 Å². The largest absolute Gasteiger partial charge is 0.389 e. The Morgan fingerprint density at radius 2 is 2.06 bits per heavy atom. The highest BCUT2D eigenvalue weighted by Crippen LogP contribution is 2.52. The van der Waals surface area contributed by atoms with E-state index in [0.717, 1.165) is 12.8 Å². The first kappa shape index (κ1) is 12.2. The van der Waals surface area contributed by atoms with Crippen LogP contribution in [0.5, 0.6) is 0 Å². The minimum absolute atomic E-state index is 0.367. The molecule has 18 heavy (non-hydrogen) atoms. The summed E-state index contributed by atoms with van der Waals surface area (Å²) in [6.45, 7) is 1.37. The van der Waals surface area contributed by atoms with Crippen molar-refractivity contribution >= 4 is 0 Å². The summed E-state index contributed by atoms with van der Waals surface area (Å²) >= 11 is 0. The smallest absolute Gasteiger partial charge is 0.0726 e. The van der Waals surface area contributed by atoms with Crippen LogP contribution in [0.25, 0.3) is 0 Å². The molecule has 3 atom stereocenters. The zero-order valence-corrected chi connectivity index (χ0v) is 10.8. The van der Waals surface area contributed by atoms with Crippen LogP contribution >= 0.6 is 0 Å². The highest BCUT2D eigenvalue weighted by atomic mass is 16.5. The van der Waals surface area contributed by atoms with E-state index in [-0.39, 0.29) is 0 Å². The quantitative estimate of drug-likeness (QED) is 0.884. The Morgan fingerprint density at radius 3 is 2.83 bits per heavy atom. The van der Waals surface area contributed by atoms with Gasteiger partial charge in [-0.15, -0.1) is 0 Å². The minimum Gasteiger partial charge on any atom is -0.389 e. The molecule has 0 radical (unpaired) electrons. The van der Waals surface area contributed by atoms with Gasteiger partial charge in [-0.05, 0) is 30.7 Å². The van der Waals surface area contributed by atoms with Gasteiger partial charge >= 0.3 is 0 Å². The van der Waals surface area contributed by atoms with E-state index in [1.54, 1.807) is 0 Å². The van der Waals surface area contributed by atoms with E-state index in [1.807, 2.05) is 18.2 Å². The maximum Gasteiger partial charge on any atom is 0.0726 e. The maximum absolute atomic E-state index is 10.6. The summed E-state index contributed by atoms with van der Waals surface area (Å²) in [5, 5.41) is 10.6. The molecule has 98 valence electrons. The van der Waals surface area contributed by atoms with Gasteiger partial charge in [0.25, 0.3) is 0 Å². The van der Waals surface area contributed by atoms with Crippen molar-refractivity contribution < 1.29 is 9.84 Å². The van der Waals surface area contributed by atoms with Crippen LogP contribution in [-0.4, -0.2) is 17.3 Å². The number of hydrogen-bond donors (Lipinski definition) is 1. The third-order valence-corrected chi connectivity index (χ3v) is 4.79. The highest BCUT2D eigenvalue weighted by Gasteiger charge is 2.54. The van der Waals surface area contributed by atoms with Crippen LogP contribution in [0.2, 0.25) is 0 Å². The van der Waals surface area contributed by atoms with E-state index >= 15 is 0 Å². The van der Waals surface area contributed by atoms with Crippen LogP contribution in [0, 0.1) is 11.8 Å². The second-order valence-electron chi connectivity index (χ2n) is 5.87. The van der Waals surface area contributed by atoms with Crippen molar-refractivity contribution in [3.05, 3.63) is 35.9 Å². The first-order chi connectivity index (χ1) is 8.79. The maximum atomic E-state index is 10.6. The van der Waals surface area contributed by atoms with Crippen LogP contribution in [0.1, 0.15) is 37.7 Å². The number of fused-ring (bicyclic) bond motifs is 1. The molecule has 2 aliphatic carbocycles. The van der Waals surface area contributed by atoms with Gasteiger partial charge in [-0.25, -0.2) is 0 Å². The molecule has 2 aliphatic rings. The third kappa shape index (κ3) is 2.19. The number of aliphatic hydroxyl groups is 1. The van der Waals surface area contributed by atoms with Crippen molar-refractivity contribution in [1.29, 1.82) is 0 Å². The Kier molecular flexibility index (Phi) is 3.40. The predicted octanol–water partition coefficient (Wildman–Crippen LogP) is 3.14. The van der Waals surface area contributed by atoms with E-state index in [1.165, 1.54) is 24.8 Å². The molecule has 0 aromatic heterocycles. The van der Waals surface area contributed by atoms with E-state index in [0.29, 0.717) is 25.0 Å². The van der Waals surface area contributed by atoms with Crippen LogP contribution in [0.15, 0.2) is 30.3 Å². The van der Waals surface area contributed by atoms with Crippen LogP contribution in [-0.2, 0) is 11.3 Å². The second kappa shape index (κ2) is 5.02. The van der Waals surface area contributed by atoms with E-state index in [9.17, 15) is 5.11 Å². The Balaban J connectivity index is 1.47. The predicted molar refractivity (Wildman–Crippen MR) is 71.1 cm³/mol. The van der Waals surface area contributed by atoms with Gasteiger partial charge in [0.1, 0.15) is 0 Å². The molecule has 0 saturated heterocycles. The number of hydrogen-bond acceptors (Lipinski definition) is 2. The lowest BCUT2D eigenvalue weighted by atomic mass is 9.55. The standard InChI is InChI=1S/C16H22O2/c17-16-9-5-4-8-14(16)10-15(16)12-18-11-13-6-2-1-3-7-13/h1-3,6-7,14-15,17H,4-5,8-12H2/t14-,15-,16+/m0/s1. The summed E-state index contributed by atoms with van der Waals surface area (Å²) in [5.41, 5.74) is 0.818. The lowest BCUT2D eigenvalue weighted by Gasteiger charge is -2.55. The lowest BCUT2D eigenvalue weighted by molar-refractivity contribution is -0.191. The number of rotatable bonds is 4. The Hall–Kier alpha value is -0.860. The van der Waals surface area contributed by atoms with Gasteiger partial charge in [-0.1, -0.05) is 43.2 Å². The summed E-state index contributed by atoms with van der Waals surface area (Å²) < 4.78 is 5.78. The molecule has 0 bridgehead atoms. The molecule has 0 aliphatic heterocycles. The van der Waals surface area contributed by atoms with Gasteiger partial charge in [0.05, 0.1) is 18.8 Å². The zero-order valence-electron chi connectivity index (χ0n) is 10.8. The van der Waals surface area contributed by atoms with Crippen LogP contribution in [0.4, 0.5) is 0 Å². The van der Waals surface area contributed by atoms with Crippen molar-refractivity contribution in [2.45, 2.75) is 44.3 Å². The van der Waals surface area contributed by atoms with Crippen molar-refractivity contribution in [2.75, 3.05) is 6.61 Å². The van der Waals surface area contributed by atoms with Crippen molar-refractivity contribution in [3.63, 3.8) is 0 Å². The van der Waals surface area contributed by atoms with Gasteiger partial charge in [0.2, 0.25) is 0 Å². The minimum atomic E-state index is -0.394. The van der Waals surface area contributed by atoms with Crippen molar-refractivity contribution in [1.82, 2.24) is 0 Å². The summed E-state index contributed by atoms with van der Waals surface area (Å²) in [7, 11) is 0. The van der Waals surface area contributed by atoms with E-state index < -0.39 is 5.60 Å². The monoisotopic (exact) mass is 246 g/mol. The molecule has 3 rings (SSSR count). The molecular weight excluding hydrogens is 224 g/mol. The second-order valence-corrected chi connectivity index (χ2v) is 5.87. The molecule has 0 unspecified atom stereocenters.